The van der Waals surface area contributed by atoms with E-state index in [1.54, 1.807) is 21.1 Å². The van der Waals surface area contributed by atoms with Gasteiger partial charge in [0.2, 0.25) is 5.75 Å². The Hall–Kier alpha value is -1.68. The molecule has 0 amide bonds. The van der Waals surface area contributed by atoms with Crippen LogP contribution < -0.4 is 14.2 Å². The van der Waals surface area contributed by atoms with Crippen molar-refractivity contribution >= 4 is 6.08 Å². The van der Waals surface area contributed by atoms with E-state index in [4.69, 9.17) is 14.2 Å². The Morgan fingerprint density at radius 3 is 2.37 bits per heavy atom. The molecule has 0 aliphatic carbocycles. The fraction of sp³-hybridized carbons (Fsp3) is 0.467. The van der Waals surface area contributed by atoms with Gasteiger partial charge in [-0.25, -0.2) is 0 Å². The lowest BCUT2D eigenvalue weighted by Crippen LogP contribution is -2.28. The normalized spacial score (nSPS) is 17.4. The number of rotatable bonds is 3. The van der Waals surface area contributed by atoms with Crippen molar-refractivity contribution in [1.82, 2.24) is 0 Å². The zero-order chi connectivity index (χ0) is 14.2. The predicted octanol–water partition coefficient (Wildman–Crippen LogP) is 2.94. The van der Waals surface area contributed by atoms with Gasteiger partial charge in [-0.2, -0.15) is 0 Å². The topological polar surface area (TPSA) is 47.9 Å². The van der Waals surface area contributed by atoms with E-state index >= 15 is 0 Å². The second-order valence-electron chi connectivity index (χ2n) is 5.17. The third kappa shape index (κ3) is 2.40. The smallest absolute Gasteiger partial charge is 0.204 e. The number of hydrogen-bond donors (Lipinski definition) is 1. The molecule has 1 unspecified atom stereocenters. The van der Waals surface area contributed by atoms with Crippen LogP contribution in [0.15, 0.2) is 12.1 Å². The second-order valence-corrected chi connectivity index (χ2v) is 5.17. The summed E-state index contributed by atoms with van der Waals surface area (Å²) in [7, 11) is 3.12. The first-order chi connectivity index (χ1) is 8.89. The van der Waals surface area contributed by atoms with Crippen LogP contribution in [0.4, 0.5) is 0 Å². The minimum atomic E-state index is -0.641. The van der Waals surface area contributed by atoms with Crippen molar-refractivity contribution in [3.8, 4) is 17.2 Å². The van der Waals surface area contributed by atoms with Gasteiger partial charge in [-0.15, -0.1) is 0 Å². The quantitative estimate of drug-likeness (QED) is 0.911. The van der Waals surface area contributed by atoms with Crippen LogP contribution in [-0.2, 0) is 0 Å². The standard InChI is InChI=1S/C15H20O4/c1-9(16)11-8-10-6-7-15(2,3)19-12(10)14(18-5)13(11)17-4/h6-9,16H,1-5H3. The van der Waals surface area contributed by atoms with Gasteiger partial charge in [0.1, 0.15) is 5.60 Å². The van der Waals surface area contributed by atoms with Crippen LogP contribution in [-0.4, -0.2) is 24.9 Å². The highest BCUT2D eigenvalue weighted by molar-refractivity contribution is 5.71. The molecule has 2 rings (SSSR count). The Bertz CT molecular complexity index is 515. The van der Waals surface area contributed by atoms with Crippen LogP contribution in [0.3, 0.4) is 0 Å². The molecule has 19 heavy (non-hydrogen) atoms. The molecule has 0 aromatic heterocycles. The van der Waals surface area contributed by atoms with E-state index in [0.717, 1.165) is 5.56 Å². The van der Waals surface area contributed by atoms with E-state index in [9.17, 15) is 5.11 Å². The summed E-state index contributed by atoms with van der Waals surface area (Å²) in [4.78, 5) is 0. The van der Waals surface area contributed by atoms with E-state index < -0.39 is 11.7 Å². The molecule has 0 bridgehead atoms. The molecule has 1 aliphatic heterocycles. The molecule has 1 N–H and O–H groups in total. The first-order valence-corrected chi connectivity index (χ1v) is 6.25. The second kappa shape index (κ2) is 4.78. The molecule has 0 saturated carbocycles. The first-order valence-electron chi connectivity index (χ1n) is 6.25. The van der Waals surface area contributed by atoms with Crippen molar-refractivity contribution in [2.45, 2.75) is 32.5 Å². The number of aliphatic hydroxyl groups excluding tert-OH is 1. The molecular weight excluding hydrogens is 244 g/mol. The highest BCUT2D eigenvalue weighted by atomic mass is 16.5. The van der Waals surface area contributed by atoms with Crippen LogP contribution in [0.2, 0.25) is 0 Å². The van der Waals surface area contributed by atoms with Crippen molar-refractivity contribution in [3.05, 3.63) is 23.3 Å². The van der Waals surface area contributed by atoms with Crippen molar-refractivity contribution < 1.29 is 19.3 Å². The average molecular weight is 264 g/mol. The zero-order valence-corrected chi connectivity index (χ0v) is 12.0. The Kier molecular flexibility index (Phi) is 3.45. The predicted molar refractivity (Wildman–Crippen MR) is 73.9 cm³/mol. The van der Waals surface area contributed by atoms with Gasteiger partial charge in [0, 0.05) is 11.1 Å². The number of fused-ring (bicyclic) bond motifs is 1. The number of benzene rings is 1. The highest BCUT2D eigenvalue weighted by Gasteiger charge is 2.29. The summed E-state index contributed by atoms with van der Waals surface area (Å²) in [5.41, 5.74) is 1.18. The molecule has 0 spiro atoms. The molecule has 1 aliphatic rings. The van der Waals surface area contributed by atoms with Gasteiger partial charge < -0.3 is 19.3 Å². The van der Waals surface area contributed by atoms with Gasteiger partial charge in [-0.1, -0.05) is 6.08 Å². The SMILES string of the molecule is COc1c(C(C)O)cc2c(c1OC)OC(C)(C)C=C2. The molecule has 0 radical (unpaired) electrons. The average Bonchev–Trinajstić information content (AvgIpc) is 2.35. The van der Waals surface area contributed by atoms with E-state index in [0.29, 0.717) is 22.8 Å². The number of methoxy groups -OCH3 is 2. The fourth-order valence-corrected chi connectivity index (χ4v) is 2.19. The van der Waals surface area contributed by atoms with Crippen LogP contribution >= 0.6 is 0 Å². The third-order valence-electron chi connectivity index (χ3n) is 3.14. The summed E-state index contributed by atoms with van der Waals surface area (Å²) in [5.74, 6) is 1.69. The summed E-state index contributed by atoms with van der Waals surface area (Å²) in [6.45, 7) is 5.64. The van der Waals surface area contributed by atoms with Crippen LogP contribution in [0.25, 0.3) is 6.08 Å². The molecule has 0 saturated heterocycles. The van der Waals surface area contributed by atoms with E-state index in [1.807, 2.05) is 32.1 Å². The Morgan fingerprint density at radius 1 is 1.21 bits per heavy atom. The van der Waals surface area contributed by atoms with Crippen molar-refractivity contribution in [1.29, 1.82) is 0 Å². The van der Waals surface area contributed by atoms with E-state index in [1.165, 1.54) is 0 Å². The molecular formula is C15H20O4. The largest absolute Gasteiger partial charge is 0.492 e. The maximum absolute atomic E-state index is 9.86. The maximum Gasteiger partial charge on any atom is 0.204 e. The van der Waals surface area contributed by atoms with E-state index in [2.05, 4.69) is 0 Å². The minimum absolute atomic E-state index is 0.391. The van der Waals surface area contributed by atoms with Crippen LogP contribution in [0.5, 0.6) is 17.2 Å². The Balaban J connectivity index is 2.68. The summed E-state index contributed by atoms with van der Waals surface area (Å²) in [6, 6.07) is 1.87. The van der Waals surface area contributed by atoms with Crippen LogP contribution in [0, 0.1) is 0 Å². The Morgan fingerprint density at radius 2 is 1.84 bits per heavy atom. The van der Waals surface area contributed by atoms with Crippen molar-refractivity contribution in [2.75, 3.05) is 14.2 Å². The van der Waals surface area contributed by atoms with Gasteiger partial charge in [-0.3, -0.25) is 0 Å². The van der Waals surface area contributed by atoms with Gasteiger partial charge in [0.15, 0.2) is 11.5 Å². The minimum Gasteiger partial charge on any atom is -0.492 e. The molecule has 0 fully saturated rings. The fourth-order valence-electron chi connectivity index (χ4n) is 2.19. The maximum atomic E-state index is 9.86. The summed E-state index contributed by atoms with van der Waals surface area (Å²) < 4.78 is 16.7. The van der Waals surface area contributed by atoms with Gasteiger partial charge in [0.05, 0.1) is 20.3 Å². The number of aliphatic hydroxyl groups is 1. The van der Waals surface area contributed by atoms with Gasteiger partial charge in [-0.05, 0) is 32.9 Å². The molecule has 104 valence electrons. The zero-order valence-electron chi connectivity index (χ0n) is 12.0. The third-order valence-corrected chi connectivity index (χ3v) is 3.14. The molecule has 1 atom stereocenters. The lowest BCUT2D eigenvalue weighted by atomic mass is 9.98. The lowest BCUT2D eigenvalue weighted by molar-refractivity contribution is 0.149. The molecule has 1 aromatic carbocycles. The number of hydrogen-bond acceptors (Lipinski definition) is 4. The molecule has 4 nitrogen and oxygen atoms in total. The van der Waals surface area contributed by atoms with Gasteiger partial charge in [0.25, 0.3) is 0 Å². The van der Waals surface area contributed by atoms with Crippen LogP contribution in [0.1, 0.15) is 38.0 Å². The summed E-state index contributed by atoms with van der Waals surface area (Å²) in [5, 5.41) is 9.86. The van der Waals surface area contributed by atoms with Gasteiger partial charge >= 0.3 is 0 Å². The van der Waals surface area contributed by atoms with Crippen molar-refractivity contribution in [2.24, 2.45) is 0 Å². The Labute approximate surface area is 113 Å². The monoisotopic (exact) mass is 264 g/mol. The highest BCUT2D eigenvalue weighted by Crippen LogP contribution is 2.48. The molecule has 4 heteroatoms. The van der Waals surface area contributed by atoms with Crippen molar-refractivity contribution in [3.63, 3.8) is 0 Å². The first kappa shape index (κ1) is 13.7. The number of ether oxygens (including phenoxy) is 3. The molecule has 1 aromatic rings. The molecule has 1 heterocycles. The summed E-state index contributed by atoms with van der Waals surface area (Å²) in [6.07, 6.45) is 3.32. The summed E-state index contributed by atoms with van der Waals surface area (Å²) >= 11 is 0. The lowest BCUT2D eigenvalue weighted by Gasteiger charge is -2.30. The van der Waals surface area contributed by atoms with E-state index in [-0.39, 0.29) is 0 Å².